The molecule has 0 spiro atoms. The average Bonchev–Trinajstić information content (AvgIpc) is 3.33. The van der Waals surface area contributed by atoms with E-state index in [2.05, 4.69) is 9.97 Å². The fourth-order valence-electron chi connectivity index (χ4n) is 3.77. The van der Waals surface area contributed by atoms with Crippen molar-refractivity contribution in [2.24, 2.45) is 0 Å². The zero-order chi connectivity index (χ0) is 19.1. The molecule has 0 radical (unpaired) electrons. The zero-order valence-corrected chi connectivity index (χ0v) is 17.6. The summed E-state index contributed by atoms with van der Waals surface area (Å²) in [6, 6.07) is 15.3. The number of hydrogen-bond acceptors (Lipinski definition) is 6. The lowest BCUT2D eigenvalue weighted by molar-refractivity contribution is 0.438. The fourth-order valence-corrected chi connectivity index (χ4v) is 7.98. The molecule has 8 heteroatoms. The lowest BCUT2D eigenvalue weighted by atomic mass is 9.96. The van der Waals surface area contributed by atoms with Crippen LogP contribution in [-0.2, 0) is 10.0 Å². The van der Waals surface area contributed by atoms with Gasteiger partial charge in [-0.2, -0.15) is 8.42 Å². The van der Waals surface area contributed by atoms with Gasteiger partial charge in [-0.05, 0) is 37.1 Å². The van der Waals surface area contributed by atoms with Crippen LogP contribution in [0.5, 0.6) is 0 Å². The SMILES string of the molecule is O=S(=O)(c1nc2ccccc2s1)N(c1nc2ccccc2s1)C1CCCCC1. The molecule has 1 fully saturated rings. The summed E-state index contributed by atoms with van der Waals surface area (Å²) >= 11 is 2.67. The Balaban J connectivity index is 1.65. The Labute approximate surface area is 171 Å². The average molecular weight is 430 g/mol. The van der Waals surface area contributed by atoms with Gasteiger partial charge in [0.25, 0.3) is 10.0 Å². The molecule has 0 aliphatic heterocycles. The number of sulfonamides is 1. The fraction of sp³-hybridized carbons (Fsp3) is 0.300. The maximum Gasteiger partial charge on any atom is 0.293 e. The van der Waals surface area contributed by atoms with E-state index in [9.17, 15) is 8.42 Å². The van der Waals surface area contributed by atoms with Crippen molar-refractivity contribution in [1.82, 2.24) is 9.97 Å². The summed E-state index contributed by atoms with van der Waals surface area (Å²) in [4.78, 5) is 9.12. The predicted molar refractivity (Wildman–Crippen MR) is 116 cm³/mol. The van der Waals surface area contributed by atoms with Crippen LogP contribution in [0.2, 0.25) is 0 Å². The van der Waals surface area contributed by atoms with Crippen molar-refractivity contribution >= 4 is 58.3 Å². The van der Waals surface area contributed by atoms with Crippen molar-refractivity contribution in [3.63, 3.8) is 0 Å². The Bertz CT molecular complexity index is 1170. The Kier molecular flexibility index (Phi) is 4.57. The van der Waals surface area contributed by atoms with Crippen molar-refractivity contribution in [3.8, 4) is 0 Å². The Morgan fingerprint density at radius 3 is 2.07 bits per heavy atom. The van der Waals surface area contributed by atoms with Gasteiger partial charge in [0.1, 0.15) is 0 Å². The van der Waals surface area contributed by atoms with E-state index in [0.29, 0.717) is 5.13 Å². The van der Waals surface area contributed by atoms with Gasteiger partial charge < -0.3 is 0 Å². The maximum atomic E-state index is 13.7. The van der Waals surface area contributed by atoms with E-state index >= 15 is 0 Å². The molecule has 0 N–H and O–H groups in total. The number of hydrogen-bond donors (Lipinski definition) is 0. The van der Waals surface area contributed by atoms with E-state index in [1.54, 1.807) is 4.31 Å². The van der Waals surface area contributed by atoms with Gasteiger partial charge in [0.2, 0.25) is 9.47 Å². The molecule has 5 nitrogen and oxygen atoms in total. The van der Waals surface area contributed by atoms with Crippen LogP contribution < -0.4 is 4.31 Å². The van der Waals surface area contributed by atoms with Crippen molar-refractivity contribution in [2.75, 3.05) is 4.31 Å². The van der Waals surface area contributed by atoms with Crippen molar-refractivity contribution in [2.45, 2.75) is 42.5 Å². The van der Waals surface area contributed by atoms with Crippen LogP contribution in [0, 0.1) is 0 Å². The first-order valence-corrected chi connectivity index (χ1v) is 12.5. The van der Waals surface area contributed by atoms with Gasteiger partial charge in [-0.1, -0.05) is 54.9 Å². The van der Waals surface area contributed by atoms with E-state index in [-0.39, 0.29) is 10.4 Å². The van der Waals surface area contributed by atoms with E-state index in [0.717, 1.165) is 52.5 Å². The summed E-state index contributed by atoms with van der Waals surface area (Å²) in [7, 11) is -3.77. The van der Waals surface area contributed by atoms with E-state index < -0.39 is 10.0 Å². The summed E-state index contributed by atoms with van der Waals surface area (Å²) in [5.41, 5.74) is 1.56. The molecule has 5 rings (SSSR count). The van der Waals surface area contributed by atoms with Crippen LogP contribution in [0.15, 0.2) is 52.9 Å². The molecule has 0 saturated heterocycles. The minimum atomic E-state index is -3.77. The van der Waals surface area contributed by atoms with Crippen LogP contribution >= 0.6 is 22.7 Å². The summed E-state index contributed by atoms with van der Waals surface area (Å²) in [5, 5.41) is 0.548. The zero-order valence-electron chi connectivity index (χ0n) is 15.1. The van der Waals surface area contributed by atoms with Gasteiger partial charge >= 0.3 is 0 Å². The predicted octanol–water partition coefficient (Wildman–Crippen LogP) is 5.43. The summed E-state index contributed by atoms with van der Waals surface area (Å²) < 4.78 is 31.0. The number of nitrogens with zero attached hydrogens (tertiary/aromatic N) is 3. The highest BCUT2D eigenvalue weighted by atomic mass is 32.2. The first kappa shape index (κ1) is 18.0. The van der Waals surface area contributed by atoms with E-state index in [1.165, 1.54) is 22.7 Å². The first-order valence-electron chi connectivity index (χ1n) is 9.38. The molecule has 4 aromatic rings. The molecule has 0 unspecified atom stereocenters. The monoisotopic (exact) mass is 429 g/mol. The second-order valence-corrected chi connectivity index (χ2v) is 11.0. The normalized spacial score (nSPS) is 16.0. The maximum absolute atomic E-state index is 13.7. The smallest absolute Gasteiger partial charge is 0.236 e. The van der Waals surface area contributed by atoms with Gasteiger partial charge in [-0.3, -0.25) is 0 Å². The number of rotatable bonds is 4. The molecular weight excluding hydrogens is 410 g/mol. The third-order valence-corrected chi connectivity index (χ3v) is 9.52. The highest BCUT2D eigenvalue weighted by Gasteiger charge is 2.36. The van der Waals surface area contributed by atoms with Crippen LogP contribution in [0.25, 0.3) is 20.4 Å². The third kappa shape index (κ3) is 3.09. The van der Waals surface area contributed by atoms with Crippen LogP contribution in [0.3, 0.4) is 0 Å². The standard InChI is InChI=1S/C20H19N3O2S3/c24-28(25,20-22-16-11-5-7-13-18(16)27-20)23(14-8-2-1-3-9-14)19-21-15-10-4-6-12-17(15)26-19/h4-7,10-14H,1-3,8-9H2. The minimum absolute atomic E-state index is 0.0636. The van der Waals surface area contributed by atoms with Crippen molar-refractivity contribution in [3.05, 3.63) is 48.5 Å². The molecule has 0 bridgehead atoms. The van der Waals surface area contributed by atoms with Crippen LogP contribution in [0.1, 0.15) is 32.1 Å². The van der Waals surface area contributed by atoms with Crippen molar-refractivity contribution < 1.29 is 8.42 Å². The van der Waals surface area contributed by atoms with Crippen LogP contribution in [0.4, 0.5) is 5.13 Å². The number of benzene rings is 2. The largest absolute Gasteiger partial charge is 0.293 e. The molecule has 1 aliphatic rings. The van der Waals surface area contributed by atoms with E-state index in [4.69, 9.17) is 0 Å². The molecule has 28 heavy (non-hydrogen) atoms. The Morgan fingerprint density at radius 2 is 1.43 bits per heavy atom. The number of fused-ring (bicyclic) bond motifs is 2. The molecular formula is C20H19N3O2S3. The van der Waals surface area contributed by atoms with Gasteiger partial charge in [-0.15, -0.1) is 11.3 Å². The second-order valence-electron chi connectivity index (χ2n) is 7.00. The Morgan fingerprint density at radius 1 is 0.821 bits per heavy atom. The Hall–Kier alpha value is -2.03. The lowest BCUT2D eigenvalue weighted by Crippen LogP contribution is -2.41. The summed E-state index contributed by atoms with van der Waals surface area (Å²) in [5.74, 6) is 0. The topological polar surface area (TPSA) is 63.2 Å². The number of para-hydroxylation sites is 2. The van der Waals surface area contributed by atoms with Gasteiger partial charge in [-0.25, -0.2) is 14.3 Å². The second kappa shape index (κ2) is 7.09. The van der Waals surface area contributed by atoms with Crippen molar-refractivity contribution in [1.29, 1.82) is 0 Å². The van der Waals surface area contributed by atoms with E-state index in [1.807, 2.05) is 48.5 Å². The third-order valence-electron chi connectivity index (χ3n) is 5.13. The minimum Gasteiger partial charge on any atom is -0.236 e. The number of aromatic nitrogens is 2. The molecule has 2 heterocycles. The molecule has 0 atom stereocenters. The highest BCUT2D eigenvalue weighted by molar-refractivity contribution is 7.95. The molecule has 1 aliphatic carbocycles. The van der Waals surface area contributed by atoms with Gasteiger partial charge in [0.05, 0.1) is 20.4 Å². The molecule has 0 amide bonds. The number of thiazole rings is 2. The van der Waals surface area contributed by atoms with Gasteiger partial charge in [0.15, 0.2) is 0 Å². The quantitative estimate of drug-likeness (QED) is 0.434. The highest BCUT2D eigenvalue weighted by Crippen LogP contribution is 2.38. The first-order chi connectivity index (χ1) is 13.6. The lowest BCUT2D eigenvalue weighted by Gasteiger charge is -2.32. The molecule has 144 valence electrons. The van der Waals surface area contributed by atoms with Crippen LogP contribution in [-0.4, -0.2) is 24.4 Å². The summed E-state index contributed by atoms with van der Waals surface area (Å²) in [6.45, 7) is 0. The van der Waals surface area contributed by atoms with Gasteiger partial charge in [0, 0.05) is 6.04 Å². The molecule has 2 aromatic heterocycles. The number of anilines is 1. The summed E-state index contributed by atoms with van der Waals surface area (Å²) in [6.07, 6.45) is 4.97. The molecule has 1 saturated carbocycles. The molecule has 2 aromatic carbocycles.